The molecule has 0 aromatic carbocycles. The molecule has 0 bridgehead atoms. The van der Waals surface area contributed by atoms with Crippen LogP contribution in [0.3, 0.4) is 0 Å². The maximum atomic E-state index is 12.8. The van der Waals surface area contributed by atoms with Crippen LogP contribution in [0.4, 0.5) is 0 Å². The van der Waals surface area contributed by atoms with E-state index in [-0.39, 0.29) is 31.1 Å². The van der Waals surface area contributed by atoms with Crippen molar-refractivity contribution in [2.45, 2.75) is 252 Å². The Kier molecular flexibility index (Phi) is 54.0. The summed E-state index contributed by atoms with van der Waals surface area (Å²) in [6.07, 6.45) is 79.0. The molecule has 0 radical (unpaired) electrons. The van der Waals surface area contributed by atoms with Gasteiger partial charge in [-0.15, -0.1) is 0 Å². The van der Waals surface area contributed by atoms with E-state index < -0.39 is 6.10 Å². The number of ether oxygens (including phenoxy) is 3. The fourth-order valence-electron chi connectivity index (χ4n) is 7.39. The van der Waals surface area contributed by atoms with Gasteiger partial charge in [-0.2, -0.15) is 0 Å². The van der Waals surface area contributed by atoms with Gasteiger partial charge in [-0.3, -0.25) is 14.4 Å². The number of allylic oxidation sites excluding steroid dienone is 20. The largest absolute Gasteiger partial charge is 0.462 e. The summed E-state index contributed by atoms with van der Waals surface area (Å²) in [4.78, 5) is 38.1. The van der Waals surface area contributed by atoms with E-state index in [1.165, 1.54) is 38.5 Å². The number of unbranched alkanes of at least 4 members (excludes halogenated alkanes) is 19. The third-order valence-corrected chi connectivity index (χ3v) is 11.7. The van der Waals surface area contributed by atoms with Gasteiger partial charge in [-0.1, -0.05) is 219 Å². The first-order chi connectivity index (χ1) is 34.5. The number of carbonyl (C=O) groups excluding carboxylic acids is 3. The monoisotopic (exact) mass is 969 g/mol. The van der Waals surface area contributed by atoms with Gasteiger partial charge >= 0.3 is 17.9 Å². The molecule has 1 atom stereocenters. The van der Waals surface area contributed by atoms with Crippen molar-refractivity contribution >= 4 is 17.9 Å². The molecule has 0 N–H and O–H groups in total. The lowest BCUT2D eigenvalue weighted by atomic mass is 10.1. The topological polar surface area (TPSA) is 78.9 Å². The van der Waals surface area contributed by atoms with Crippen LogP contribution in [0.15, 0.2) is 122 Å². The minimum Gasteiger partial charge on any atom is -0.462 e. The van der Waals surface area contributed by atoms with Crippen molar-refractivity contribution in [3.8, 4) is 0 Å². The molecule has 0 heterocycles. The predicted octanol–water partition coefficient (Wildman–Crippen LogP) is 19.3. The van der Waals surface area contributed by atoms with E-state index in [0.29, 0.717) is 19.3 Å². The average molecular weight is 970 g/mol. The van der Waals surface area contributed by atoms with Gasteiger partial charge < -0.3 is 14.2 Å². The van der Waals surface area contributed by atoms with Crippen LogP contribution in [0, 0.1) is 0 Å². The number of esters is 3. The van der Waals surface area contributed by atoms with Gasteiger partial charge in [0.05, 0.1) is 0 Å². The van der Waals surface area contributed by atoms with Crippen LogP contribution in [0.1, 0.15) is 245 Å². The summed E-state index contributed by atoms with van der Waals surface area (Å²) in [5.74, 6) is -0.944. The Morgan fingerprint density at radius 3 is 0.943 bits per heavy atom. The van der Waals surface area contributed by atoms with Crippen molar-refractivity contribution in [3.05, 3.63) is 122 Å². The highest BCUT2D eigenvalue weighted by molar-refractivity contribution is 5.71. The zero-order chi connectivity index (χ0) is 50.7. The van der Waals surface area contributed by atoms with E-state index in [0.717, 1.165) is 167 Å². The van der Waals surface area contributed by atoms with Crippen molar-refractivity contribution in [1.29, 1.82) is 0 Å². The quantitative estimate of drug-likeness (QED) is 0.0262. The van der Waals surface area contributed by atoms with Crippen LogP contribution in [-0.4, -0.2) is 37.2 Å². The van der Waals surface area contributed by atoms with Gasteiger partial charge in [0.25, 0.3) is 0 Å². The third-order valence-electron chi connectivity index (χ3n) is 11.7. The Bertz CT molecular complexity index is 1490. The molecule has 0 saturated heterocycles. The fraction of sp³-hybridized carbons (Fsp3) is 0.641. The number of hydrogen-bond donors (Lipinski definition) is 0. The second-order valence-corrected chi connectivity index (χ2v) is 18.5. The van der Waals surface area contributed by atoms with Crippen LogP contribution in [0.25, 0.3) is 0 Å². The Balaban J connectivity index is 4.36. The first-order valence-corrected chi connectivity index (χ1v) is 28.5. The molecule has 396 valence electrons. The van der Waals surface area contributed by atoms with Crippen LogP contribution in [0.5, 0.6) is 0 Å². The lowest BCUT2D eigenvalue weighted by Gasteiger charge is -2.18. The highest BCUT2D eigenvalue weighted by atomic mass is 16.6. The van der Waals surface area contributed by atoms with Crippen LogP contribution < -0.4 is 0 Å². The van der Waals surface area contributed by atoms with Gasteiger partial charge in [0, 0.05) is 19.3 Å². The summed E-state index contributed by atoms with van der Waals surface area (Å²) in [6, 6.07) is 0. The highest BCUT2D eigenvalue weighted by Gasteiger charge is 2.19. The van der Waals surface area contributed by atoms with E-state index in [2.05, 4.69) is 142 Å². The molecular weight excluding hydrogens is 865 g/mol. The molecule has 0 rings (SSSR count). The normalized spacial score (nSPS) is 13.0. The fourth-order valence-corrected chi connectivity index (χ4v) is 7.39. The SMILES string of the molecule is CC/C=C\C/C=C\C/C=C\C/C=C\C/C=C\C/C=C\C/C=C\CCCCCCCC(=O)OCC(COC(=O)CCCCCCC/C=C\CCCCC)OC(=O)CCCCCCC/C=C\C/C=C\CCC. The van der Waals surface area contributed by atoms with Crippen molar-refractivity contribution < 1.29 is 28.6 Å². The first-order valence-electron chi connectivity index (χ1n) is 28.5. The van der Waals surface area contributed by atoms with E-state index >= 15 is 0 Å². The minimum atomic E-state index is -0.800. The molecule has 6 nitrogen and oxygen atoms in total. The van der Waals surface area contributed by atoms with Gasteiger partial charge in [-0.25, -0.2) is 0 Å². The summed E-state index contributed by atoms with van der Waals surface area (Å²) >= 11 is 0. The molecule has 6 heteroatoms. The molecule has 0 aliphatic heterocycles. The maximum Gasteiger partial charge on any atom is 0.306 e. The average Bonchev–Trinajstić information content (AvgIpc) is 3.36. The third kappa shape index (κ3) is 54.7. The second kappa shape index (κ2) is 57.4. The Labute approximate surface area is 431 Å². The van der Waals surface area contributed by atoms with E-state index in [4.69, 9.17) is 14.2 Å². The maximum absolute atomic E-state index is 12.8. The molecule has 0 fully saturated rings. The van der Waals surface area contributed by atoms with Gasteiger partial charge in [0.15, 0.2) is 6.10 Å². The number of carbonyl (C=O) groups is 3. The summed E-state index contributed by atoms with van der Waals surface area (Å²) in [7, 11) is 0. The lowest BCUT2D eigenvalue weighted by Crippen LogP contribution is -2.30. The van der Waals surface area contributed by atoms with Gasteiger partial charge in [-0.05, 0) is 128 Å². The molecular formula is C64H104O6. The predicted molar refractivity (Wildman–Crippen MR) is 302 cm³/mol. The van der Waals surface area contributed by atoms with Crippen molar-refractivity contribution in [2.75, 3.05) is 13.2 Å². The molecule has 0 spiro atoms. The molecule has 0 aromatic rings. The van der Waals surface area contributed by atoms with Crippen molar-refractivity contribution in [2.24, 2.45) is 0 Å². The number of hydrogen-bond acceptors (Lipinski definition) is 6. The zero-order valence-corrected chi connectivity index (χ0v) is 45.2. The first kappa shape index (κ1) is 65.8. The standard InChI is InChI=1S/C64H104O6/c1-4-7-10-13-16-19-22-25-26-27-28-29-30-31-32-33-34-35-36-37-38-40-42-45-48-51-54-57-63(66)69-60-61(59-68-62(65)56-53-50-47-44-41-24-21-18-15-12-9-6-3)70-64(67)58-55-52-49-46-43-39-23-20-17-14-11-8-5-2/h7,10-11,14,16,18-21,23,25-26,28-29,31-32,34-35,37-38,61H,4-6,8-9,12-13,15,17,22,24,27,30,33,36,39-60H2,1-3H3/b10-7-,14-11-,19-16-,21-18-,23-20-,26-25-,29-28-,32-31-,35-34-,38-37-. The van der Waals surface area contributed by atoms with E-state index in [1.807, 2.05) is 0 Å². The van der Waals surface area contributed by atoms with Crippen molar-refractivity contribution in [3.63, 3.8) is 0 Å². The molecule has 0 amide bonds. The smallest absolute Gasteiger partial charge is 0.306 e. The van der Waals surface area contributed by atoms with Crippen LogP contribution in [0.2, 0.25) is 0 Å². The summed E-state index contributed by atoms with van der Waals surface area (Å²) in [5, 5.41) is 0. The van der Waals surface area contributed by atoms with E-state index in [9.17, 15) is 14.4 Å². The molecule has 0 aromatic heterocycles. The van der Waals surface area contributed by atoms with Gasteiger partial charge in [0.1, 0.15) is 13.2 Å². The van der Waals surface area contributed by atoms with Gasteiger partial charge in [0.2, 0.25) is 0 Å². The Morgan fingerprint density at radius 2 is 0.586 bits per heavy atom. The highest BCUT2D eigenvalue weighted by Crippen LogP contribution is 2.13. The van der Waals surface area contributed by atoms with E-state index in [1.54, 1.807) is 0 Å². The van der Waals surface area contributed by atoms with Crippen molar-refractivity contribution in [1.82, 2.24) is 0 Å². The zero-order valence-electron chi connectivity index (χ0n) is 45.2. The summed E-state index contributed by atoms with van der Waals surface area (Å²) in [6.45, 7) is 6.39. The van der Waals surface area contributed by atoms with Crippen LogP contribution in [-0.2, 0) is 28.6 Å². The minimum absolute atomic E-state index is 0.0970. The lowest BCUT2D eigenvalue weighted by molar-refractivity contribution is -0.167. The molecule has 0 aliphatic rings. The molecule has 0 saturated carbocycles. The number of rotatable bonds is 50. The molecule has 70 heavy (non-hydrogen) atoms. The molecule has 0 aliphatic carbocycles. The second-order valence-electron chi connectivity index (χ2n) is 18.5. The Hall–Kier alpha value is -4.19. The summed E-state index contributed by atoms with van der Waals surface area (Å²) < 4.78 is 16.8. The van der Waals surface area contributed by atoms with Crippen LogP contribution >= 0.6 is 0 Å². The Morgan fingerprint density at radius 1 is 0.300 bits per heavy atom. The molecule has 1 unspecified atom stereocenters. The summed E-state index contributed by atoms with van der Waals surface area (Å²) in [5.41, 5.74) is 0.